The molecule has 1 atom stereocenters. The van der Waals surface area contributed by atoms with Gasteiger partial charge in [-0.1, -0.05) is 42.5 Å². The molecule has 0 amide bonds. The van der Waals surface area contributed by atoms with Crippen LogP contribution in [0.25, 0.3) is 0 Å². The summed E-state index contributed by atoms with van der Waals surface area (Å²) in [6.07, 6.45) is 1.02. The number of hydrogen-bond donors (Lipinski definition) is 0. The SMILES string of the molecule is COC(=O)C(CCc1ccccc1)C(=O)c1ccccc1OC. The van der Waals surface area contributed by atoms with Gasteiger partial charge in [0.25, 0.3) is 0 Å². The first-order chi connectivity index (χ1) is 11.2. The van der Waals surface area contributed by atoms with E-state index in [4.69, 9.17) is 9.47 Å². The summed E-state index contributed by atoms with van der Waals surface area (Å²) in [6, 6.07) is 16.7. The van der Waals surface area contributed by atoms with E-state index in [1.54, 1.807) is 24.3 Å². The molecule has 4 nitrogen and oxygen atoms in total. The van der Waals surface area contributed by atoms with Crippen LogP contribution in [0.5, 0.6) is 5.75 Å². The van der Waals surface area contributed by atoms with Crippen molar-refractivity contribution in [2.24, 2.45) is 5.92 Å². The van der Waals surface area contributed by atoms with Crippen molar-refractivity contribution in [3.63, 3.8) is 0 Å². The van der Waals surface area contributed by atoms with Gasteiger partial charge in [-0.15, -0.1) is 0 Å². The smallest absolute Gasteiger partial charge is 0.316 e. The maximum absolute atomic E-state index is 12.8. The summed E-state index contributed by atoms with van der Waals surface area (Å²) in [6.45, 7) is 0. The van der Waals surface area contributed by atoms with Gasteiger partial charge in [-0.25, -0.2) is 0 Å². The van der Waals surface area contributed by atoms with Crippen molar-refractivity contribution in [2.75, 3.05) is 14.2 Å². The van der Waals surface area contributed by atoms with Crippen molar-refractivity contribution in [3.8, 4) is 5.75 Å². The first-order valence-electron chi connectivity index (χ1n) is 7.46. The monoisotopic (exact) mass is 312 g/mol. The molecule has 0 N–H and O–H groups in total. The van der Waals surface area contributed by atoms with Gasteiger partial charge in [0, 0.05) is 0 Å². The Morgan fingerprint density at radius 3 is 2.26 bits per heavy atom. The highest BCUT2D eigenvalue weighted by molar-refractivity contribution is 6.10. The predicted octanol–water partition coefficient (Wildman–Crippen LogP) is 3.30. The van der Waals surface area contributed by atoms with Gasteiger partial charge in [-0.2, -0.15) is 0 Å². The summed E-state index contributed by atoms with van der Waals surface area (Å²) in [4.78, 5) is 24.8. The fraction of sp³-hybridized carbons (Fsp3) is 0.263. The summed E-state index contributed by atoms with van der Waals surface area (Å²) in [7, 11) is 2.80. The molecule has 0 heterocycles. The minimum Gasteiger partial charge on any atom is -0.496 e. The third kappa shape index (κ3) is 4.19. The fourth-order valence-corrected chi connectivity index (χ4v) is 2.49. The van der Waals surface area contributed by atoms with E-state index in [9.17, 15) is 9.59 Å². The van der Waals surface area contributed by atoms with Gasteiger partial charge in [-0.05, 0) is 30.5 Å². The molecular weight excluding hydrogens is 292 g/mol. The Kier molecular flexibility index (Phi) is 5.92. The largest absolute Gasteiger partial charge is 0.496 e. The highest BCUT2D eigenvalue weighted by atomic mass is 16.5. The summed E-state index contributed by atoms with van der Waals surface area (Å²) < 4.78 is 10.0. The number of carbonyl (C=O) groups is 2. The Hall–Kier alpha value is -2.62. The maximum Gasteiger partial charge on any atom is 0.316 e. The Morgan fingerprint density at radius 2 is 1.61 bits per heavy atom. The number of carbonyl (C=O) groups excluding carboxylic acids is 2. The first-order valence-corrected chi connectivity index (χ1v) is 7.46. The van der Waals surface area contributed by atoms with Gasteiger partial charge < -0.3 is 9.47 Å². The van der Waals surface area contributed by atoms with Crippen LogP contribution in [0.15, 0.2) is 54.6 Å². The number of para-hydroxylation sites is 1. The third-order valence-electron chi connectivity index (χ3n) is 3.74. The average Bonchev–Trinajstić information content (AvgIpc) is 2.62. The lowest BCUT2D eigenvalue weighted by atomic mass is 9.91. The number of methoxy groups -OCH3 is 2. The second-order valence-electron chi connectivity index (χ2n) is 5.16. The van der Waals surface area contributed by atoms with E-state index in [2.05, 4.69) is 0 Å². The lowest BCUT2D eigenvalue weighted by Gasteiger charge is -2.15. The summed E-state index contributed by atoms with van der Waals surface area (Å²) >= 11 is 0. The standard InChI is InChI=1S/C19H20O4/c1-22-17-11-7-6-10-15(17)18(20)16(19(21)23-2)13-12-14-8-4-3-5-9-14/h3-11,16H,12-13H2,1-2H3. The molecule has 0 aliphatic rings. The molecule has 4 heteroatoms. The van der Waals surface area contributed by atoms with Gasteiger partial charge in [0.2, 0.25) is 0 Å². The van der Waals surface area contributed by atoms with Crippen molar-refractivity contribution >= 4 is 11.8 Å². The molecule has 120 valence electrons. The zero-order chi connectivity index (χ0) is 16.7. The Labute approximate surface area is 136 Å². The number of rotatable bonds is 7. The molecule has 0 saturated carbocycles. The third-order valence-corrected chi connectivity index (χ3v) is 3.74. The van der Waals surface area contributed by atoms with Crippen molar-refractivity contribution in [2.45, 2.75) is 12.8 Å². The average molecular weight is 312 g/mol. The second-order valence-corrected chi connectivity index (χ2v) is 5.16. The molecule has 0 aliphatic heterocycles. The minimum atomic E-state index is -0.837. The van der Waals surface area contributed by atoms with E-state index in [1.807, 2.05) is 30.3 Å². The van der Waals surface area contributed by atoms with Gasteiger partial charge in [0.1, 0.15) is 11.7 Å². The lowest BCUT2D eigenvalue weighted by Crippen LogP contribution is -2.26. The zero-order valence-electron chi connectivity index (χ0n) is 13.3. The number of ether oxygens (including phenoxy) is 2. The molecule has 0 radical (unpaired) electrons. The van der Waals surface area contributed by atoms with Crippen LogP contribution in [0, 0.1) is 5.92 Å². The number of ketones is 1. The highest BCUT2D eigenvalue weighted by Crippen LogP contribution is 2.24. The molecule has 2 aromatic rings. The van der Waals surface area contributed by atoms with Gasteiger partial charge in [0.05, 0.1) is 19.8 Å². The summed E-state index contributed by atoms with van der Waals surface area (Å²) in [5.41, 5.74) is 1.48. The van der Waals surface area contributed by atoms with Crippen molar-refractivity contribution in [1.82, 2.24) is 0 Å². The van der Waals surface area contributed by atoms with Crippen LogP contribution in [0.2, 0.25) is 0 Å². The van der Waals surface area contributed by atoms with Crippen LogP contribution in [0.1, 0.15) is 22.3 Å². The lowest BCUT2D eigenvalue weighted by molar-refractivity contribution is -0.143. The number of esters is 1. The maximum atomic E-state index is 12.8. The fourth-order valence-electron chi connectivity index (χ4n) is 2.49. The molecule has 0 spiro atoms. The van der Waals surface area contributed by atoms with Crippen LogP contribution in [0.4, 0.5) is 0 Å². The molecule has 0 fully saturated rings. The van der Waals surface area contributed by atoms with E-state index in [0.717, 1.165) is 5.56 Å². The normalized spacial score (nSPS) is 11.6. The quantitative estimate of drug-likeness (QED) is 0.447. The minimum absolute atomic E-state index is 0.273. The van der Waals surface area contributed by atoms with Gasteiger partial charge >= 0.3 is 5.97 Å². The van der Waals surface area contributed by atoms with Crippen molar-refractivity contribution in [3.05, 3.63) is 65.7 Å². The van der Waals surface area contributed by atoms with E-state index in [1.165, 1.54) is 14.2 Å². The molecule has 0 aromatic heterocycles. The van der Waals surface area contributed by atoms with Crippen LogP contribution < -0.4 is 4.74 Å². The van der Waals surface area contributed by atoms with Crippen LogP contribution in [0.3, 0.4) is 0 Å². The molecule has 23 heavy (non-hydrogen) atoms. The first kappa shape index (κ1) is 16.7. The van der Waals surface area contributed by atoms with E-state index in [0.29, 0.717) is 24.2 Å². The molecule has 0 bridgehead atoms. The van der Waals surface area contributed by atoms with Crippen LogP contribution in [-0.4, -0.2) is 26.0 Å². The molecular formula is C19H20O4. The summed E-state index contributed by atoms with van der Waals surface area (Å²) in [5, 5.41) is 0. The number of benzene rings is 2. The van der Waals surface area contributed by atoms with Crippen LogP contribution >= 0.6 is 0 Å². The Bertz CT molecular complexity index is 664. The van der Waals surface area contributed by atoms with E-state index < -0.39 is 11.9 Å². The molecule has 2 rings (SSSR count). The predicted molar refractivity (Wildman–Crippen MR) is 87.6 cm³/mol. The van der Waals surface area contributed by atoms with Crippen molar-refractivity contribution in [1.29, 1.82) is 0 Å². The molecule has 0 saturated heterocycles. The second kappa shape index (κ2) is 8.13. The molecule has 2 aromatic carbocycles. The zero-order valence-corrected chi connectivity index (χ0v) is 13.3. The molecule has 1 unspecified atom stereocenters. The number of aryl methyl sites for hydroxylation is 1. The van der Waals surface area contributed by atoms with Crippen LogP contribution in [-0.2, 0) is 16.0 Å². The number of hydrogen-bond acceptors (Lipinski definition) is 4. The van der Waals surface area contributed by atoms with Crippen molar-refractivity contribution < 1.29 is 19.1 Å². The summed E-state index contributed by atoms with van der Waals surface area (Å²) in [5.74, 6) is -1.16. The highest BCUT2D eigenvalue weighted by Gasteiger charge is 2.29. The number of Topliss-reactive ketones (excluding diaryl/α,β-unsaturated/α-hetero) is 1. The van der Waals surface area contributed by atoms with E-state index in [-0.39, 0.29) is 5.78 Å². The van der Waals surface area contributed by atoms with Gasteiger partial charge in [0.15, 0.2) is 5.78 Å². The van der Waals surface area contributed by atoms with Gasteiger partial charge in [-0.3, -0.25) is 9.59 Å². The Balaban J connectivity index is 2.20. The Morgan fingerprint density at radius 1 is 0.957 bits per heavy atom. The van der Waals surface area contributed by atoms with E-state index >= 15 is 0 Å². The topological polar surface area (TPSA) is 52.6 Å². The molecule has 0 aliphatic carbocycles.